The summed E-state index contributed by atoms with van der Waals surface area (Å²) in [5.74, 6) is -2.59. The van der Waals surface area contributed by atoms with Gasteiger partial charge in [0.1, 0.15) is 23.8 Å². The normalized spacial score (nSPS) is 13.0. The molecule has 4 rings (SSSR count). The van der Waals surface area contributed by atoms with Crippen LogP contribution in [0.5, 0.6) is 0 Å². The fraction of sp³-hybridized carbons (Fsp3) is 0.216. The van der Waals surface area contributed by atoms with Crippen molar-refractivity contribution in [2.45, 2.75) is 43.8 Å². The van der Waals surface area contributed by atoms with Crippen LogP contribution in [0, 0.1) is 0 Å². The predicted octanol–water partition coefficient (Wildman–Crippen LogP) is 3.41. The van der Waals surface area contributed by atoms with Gasteiger partial charge in [-0.15, -0.1) is 0 Å². The summed E-state index contributed by atoms with van der Waals surface area (Å²) in [6, 6.07) is 33.2. The fourth-order valence-corrected chi connectivity index (χ4v) is 5.04. The van der Waals surface area contributed by atoms with Crippen LogP contribution in [0.15, 0.2) is 126 Å². The van der Waals surface area contributed by atoms with E-state index in [4.69, 9.17) is 4.74 Å². The monoisotopic (exact) mass is 634 g/mol. The van der Waals surface area contributed by atoms with E-state index in [-0.39, 0.29) is 31.4 Å². The molecule has 0 saturated carbocycles. The molecule has 4 N–H and O–H groups in total. The van der Waals surface area contributed by atoms with Gasteiger partial charge in [0.25, 0.3) is 5.91 Å². The van der Waals surface area contributed by atoms with Crippen LogP contribution in [0.3, 0.4) is 0 Å². The first-order valence-electron chi connectivity index (χ1n) is 15.2. The van der Waals surface area contributed by atoms with Gasteiger partial charge in [-0.1, -0.05) is 126 Å². The maximum Gasteiger partial charge on any atom is 0.328 e. The van der Waals surface area contributed by atoms with Crippen molar-refractivity contribution in [2.75, 3.05) is 7.11 Å². The lowest BCUT2D eigenvalue weighted by molar-refractivity contribution is -0.145. The maximum absolute atomic E-state index is 13.9. The molecule has 10 heteroatoms. The first-order valence-corrected chi connectivity index (χ1v) is 15.2. The molecular weight excluding hydrogens is 596 g/mol. The Balaban J connectivity index is 1.57. The van der Waals surface area contributed by atoms with E-state index in [9.17, 15) is 24.4 Å². The maximum atomic E-state index is 13.9. The average molecular weight is 635 g/mol. The van der Waals surface area contributed by atoms with Crippen LogP contribution in [-0.2, 0) is 49.6 Å². The van der Waals surface area contributed by atoms with E-state index in [0.717, 1.165) is 22.3 Å². The molecule has 0 unspecified atom stereocenters. The zero-order valence-corrected chi connectivity index (χ0v) is 26.0. The molecule has 0 aliphatic carbocycles. The van der Waals surface area contributed by atoms with Crippen molar-refractivity contribution in [2.24, 2.45) is 5.16 Å². The topological polar surface area (TPSA) is 146 Å². The molecule has 0 saturated heterocycles. The number of carbonyl (C=O) groups is 4. The Kier molecular flexibility index (Phi) is 12.8. The summed E-state index contributed by atoms with van der Waals surface area (Å²) in [5, 5.41) is 21.1. The smallest absolute Gasteiger partial charge is 0.328 e. The highest BCUT2D eigenvalue weighted by Crippen LogP contribution is 2.10. The third kappa shape index (κ3) is 10.7. The summed E-state index contributed by atoms with van der Waals surface area (Å²) < 4.78 is 4.97. The molecule has 0 aromatic heterocycles. The standard InChI is InChI=1S/C37H38N4O6/c1-47-37(45)33(25-29-20-12-5-13-21-29)40-35(43)31(23-27-16-8-3-9-17-27)38-34(42)30(22-26-14-6-2-7-15-26)39-36(44)32(41-46)24-28-18-10-4-11-19-28/h2-21,30-31,33,46H,22-25H2,1H3,(H,38,42)(H,39,44)(H,40,43)/b41-32-/t30-,31-,33-/m0/s1. The molecule has 0 spiro atoms. The summed E-state index contributed by atoms with van der Waals surface area (Å²) in [4.78, 5) is 53.7. The SMILES string of the molecule is COC(=O)[C@H](Cc1ccccc1)NC(=O)[C@H](Cc1ccccc1)NC(=O)[C@H](Cc1ccccc1)NC(=O)/C(Cc1ccccc1)=N\O. The van der Waals surface area contributed by atoms with E-state index in [1.807, 2.05) is 97.1 Å². The van der Waals surface area contributed by atoms with Crippen molar-refractivity contribution in [3.63, 3.8) is 0 Å². The summed E-state index contributed by atoms with van der Waals surface area (Å²) >= 11 is 0. The largest absolute Gasteiger partial charge is 0.467 e. The highest BCUT2D eigenvalue weighted by atomic mass is 16.5. The van der Waals surface area contributed by atoms with Gasteiger partial charge in [0, 0.05) is 25.7 Å². The molecule has 0 radical (unpaired) electrons. The Labute approximate surface area is 273 Å². The fourth-order valence-electron chi connectivity index (χ4n) is 5.04. The molecule has 0 bridgehead atoms. The van der Waals surface area contributed by atoms with Crippen molar-refractivity contribution >= 4 is 29.4 Å². The van der Waals surface area contributed by atoms with Crippen LogP contribution in [0.2, 0.25) is 0 Å². The number of hydrogen-bond donors (Lipinski definition) is 4. The number of benzene rings is 4. The van der Waals surface area contributed by atoms with Gasteiger partial charge in [0.05, 0.1) is 7.11 Å². The predicted molar refractivity (Wildman–Crippen MR) is 178 cm³/mol. The Morgan fingerprint density at radius 2 is 0.936 bits per heavy atom. The Morgan fingerprint density at radius 3 is 1.34 bits per heavy atom. The summed E-state index contributed by atoms with van der Waals surface area (Å²) in [6.07, 6.45) is 0.433. The number of oxime groups is 1. The third-order valence-electron chi connectivity index (χ3n) is 7.50. The molecule has 242 valence electrons. The average Bonchev–Trinajstić information content (AvgIpc) is 3.11. The number of nitrogens with one attached hydrogen (secondary N) is 3. The zero-order chi connectivity index (χ0) is 33.4. The molecular formula is C37H38N4O6. The molecule has 0 aliphatic heterocycles. The van der Waals surface area contributed by atoms with Crippen molar-refractivity contribution in [3.05, 3.63) is 144 Å². The summed E-state index contributed by atoms with van der Waals surface area (Å²) in [5.41, 5.74) is 2.91. The minimum Gasteiger partial charge on any atom is -0.467 e. The van der Waals surface area contributed by atoms with Gasteiger partial charge in [0.2, 0.25) is 11.8 Å². The van der Waals surface area contributed by atoms with Crippen molar-refractivity contribution in [1.82, 2.24) is 16.0 Å². The number of hydrogen-bond acceptors (Lipinski definition) is 7. The van der Waals surface area contributed by atoms with Gasteiger partial charge in [-0.3, -0.25) is 14.4 Å². The van der Waals surface area contributed by atoms with Crippen molar-refractivity contribution in [3.8, 4) is 0 Å². The van der Waals surface area contributed by atoms with E-state index in [2.05, 4.69) is 21.1 Å². The van der Waals surface area contributed by atoms with Crippen LogP contribution in [0.4, 0.5) is 0 Å². The Bertz CT molecular complexity index is 1630. The van der Waals surface area contributed by atoms with Gasteiger partial charge >= 0.3 is 5.97 Å². The van der Waals surface area contributed by atoms with Gasteiger partial charge in [-0.25, -0.2) is 4.79 Å². The lowest BCUT2D eigenvalue weighted by Crippen LogP contribution is -2.57. The molecule has 0 fully saturated rings. The highest BCUT2D eigenvalue weighted by Gasteiger charge is 2.31. The first kappa shape index (κ1) is 34.1. The second-order valence-electron chi connectivity index (χ2n) is 10.9. The molecule has 10 nitrogen and oxygen atoms in total. The lowest BCUT2D eigenvalue weighted by atomic mass is 10.0. The van der Waals surface area contributed by atoms with Crippen molar-refractivity contribution < 1.29 is 29.1 Å². The quantitative estimate of drug-likeness (QED) is 0.0683. The zero-order valence-electron chi connectivity index (χ0n) is 26.0. The molecule has 47 heavy (non-hydrogen) atoms. The number of amides is 3. The molecule has 3 atom stereocenters. The van der Waals surface area contributed by atoms with Gasteiger partial charge in [-0.2, -0.15) is 0 Å². The van der Waals surface area contributed by atoms with E-state index in [1.54, 1.807) is 24.3 Å². The second kappa shape index (κ2) is 17.6. The molecule has 4 aromatic rings. The van der Waals surface area contributed by atoms with Gasteiger partial charge < -0.3 is 25.9 Å². The lowest BCUT2D eigenvalue weighted by Gasteiger charge is -2.25. The number of esters is 1. The van der Waals surface area contributed by atoms with Gasteiger partial charge in [0.15, 0.2) is 0 Å². The number of rotatable bonds is 15. The first-order chi connectivity index (χ1) is 22.9. The minimum absolute atomic E-state index is 0.0399. The summed E-state index contributed by atoms with van der Waals surface area (Å²) in [6.45, 7) is 0. The van der Waals surface area contributed by atoms with Crippen molar-refractivity contribution in [1.29, 1.82) is 0 Å². The molecule has 0 aliphatic rings. The van der Waals surface area contributed by atoms with Crippen LogP contribution < -0.4 is 16.0 Å². The molecule has 0 heterocycles. The third-order valence-corrected chi connectivity index (χ3v) is 7.50. The van der Waals surface area contributed by atoms with E-state index < -0.39 is 41.8 Å². The van der Waals surface area contributed by atoms with Crippen LogP contribution in [0.1, 0.15) is 22.3 Å². The van der Waals surface area contributed by atoms with Gasteiger partial charge in [-0.05, 0) is 22.3 Å². The summed E-state index contributed by atoms with van der Waals surface area (Å²) in [7, 11) is 1.24. The van der Waals surface area contributed by atoms with Crippen LogP contribution in [-0.4, -0.2) is 59.8 Å². The van der Waals surface area contributed by atoms with E-state index in [0.29, 0.717) is 0 Å². The van der Waals surface area contributed by atoms with Crippen LogP contribution in [0.25, 0.3) is 0 Å². The Morgan fingerprint density at radius 1 is 0.574 bits per heavy atom. The molecule has 4 aromatic carbocycles. The molecule has 3 amide bonds. The number of methoxy groups -OCH3 is 1. The van der Waals surface area contributed by atoms with E-state index >= 15 is 0 Å². The Hall–Kier alpha value is -5.77. The van der Waals surface area contributed by atoms with Crippen LogP contribution >= 0.6 is 0 Å². The second-order valence-corrected chi connectivity index (χ2v) is 10.9. The number of nitrogens with zero attached hydrogens (tertiary/aromatic N) is 1. The van der Waals surface area contributed by atoms with E-state index in [1.165, 1.54) is 7.11 Å². The minimum atomic E-state index is -1.13. The highest BCUT2D eigenvalue weighted by molar-refractivity contribution is 6.39. The number of carbonyl (C=O) groups excluding carboxylic acids is 4. The number of ether oxygens (including phenoxy) is 1.